The maximum atomic E-state index is 6.15. The van der Waals surface area contributed by atoms with Gasteiger partial charge in [-0.15, -0.1) is 11.8 Å². The second-order valence-corrected chi connectivity index (χ2v) is 6.58. The van der Waals surface area contributed by atoms with E-state index in [1.807, 2.05) is 0 Å². The Balaban J connectivity index is 1.61. The Morgan fingerprint density at radius 3 is 2.64 bits per heavy atom. The van der Waals surface area contributed by atoms with Crippen LogP contribution in [0.2, 0.25) is 0 Å². The molecule has 1 saturated heterocycles. The van der Waals surface area contributed by atoms with Crippen LogP contribution in [0, 0.1) is 0 Å². The maximum absolute atomic E-state index is 6.15. The first-order chi connectivity index (χ1) is 10.8. The quantitative estimate of drug-likeness (QED) is 0.850. The van der Waals surface area contributed by atoms with E-state index in [1.54, 1.807) is 11.8 Å². The van der Waals surface area contributed by atoms with Crippen molar-refractivity contribution in [2.45, 2.75) is 36.9 Å². The van der Waals surface area contributed by atoms with Crippen LogP contribution in [0.4, 0.5) is 0 Å². The van der Waals surface area contributed by atoms with Gasteiger partial charge in [-0.1, -0.05) is 12.1 Å². The van der Waals surface area contributed by atoms with E-state index in [0.717, 1.165) is 43.0 Å². The number of hydrogen-bond donors (Lipinski definition) is 1. The second kappa shape index (κ2) is 7.40. The Morgan fingerprint density at radius 2 is 1.95 bits per heavy atom. The fraction of sp³-hybridized carbons (Fsp3) is 0.529. The van der Waals surface area contributed by atoms with Crippen molar-refractivity contribution in [2.24, 2.45) is 9.98 Å². The van der Waals surface area contributed by atoms with Gasteiger partial charge in [0.1, 0.15) is 0 Å². The van der Waals surface area contributed by atoms with E-state index in [4.69, 9.17) is 9.73 Å². The number of thioether (sulfide) groups is 1. The molecule has 1 fully saturated rings. The van der Waals surface area contributed by atoms with Crippen molar-refractivity contribution < 1.29 is 4.74 Å². The Bertz CT molecular complexity index is 562. The van der Waals surface area contributed by atoms with Gasteiger partial charge < -0.3 is 10.1 Å². The van der Waals surface area contributed by atoms with Crippen molar-refractivity contribution in [2.75, 3.05) is 25.9 Å². The lowest BCUT2D eigenvalue weighted by Gasteiger charge is -2.26. The Morgan fingerprint density at radius 1 is 1.23 bits per heavy atom. The van der Waals surface area contributed by atoms with Gasteiger partial charge in [0, 0.05) is 10.5 Å². The zero-order valence-corrected chi connectivity index (χ0v) is 14.0. The van der Waals surface area contributed by atoms with Crippen LogP contribution < -0.4 is 5.32 Å². The summed E-state index contributed by atoms with van der Waals surface area (Å²) in [5, 5.41) is 3.36. The first-order valence-electron chi connectivity index (χ1n) is 7.89. The van der Waals surface area contributed by atoms with Crippen molar-refractivity contribution in [3.63, 3.8) is 0 Å². The minimum Gasteiger partial charge on any atom is -0.369 e. The van der Waals surface area contributed by atoms with Gasteiger partial charge in [0.2, 0.25) is 0 Å². The lowest BCUT2D eigenvalue weighted by atomic mass is 10.1. The third-order valence-corrected chi connectivity index (χ3v) is 4.88. The molecule has 1 N–H and O–H groups in total. The topological polar surface area (TPSA) is 46.0 Å². The van der Waals surface area contributed by atoms with E-state index >= 15 is 0 Å². The molecule has 3 rings (SSSR count). The third kappa shape index (κ3) is 3.77. The molecule has 1 aromatic rings. The standard InChI is InChI=1S/C17H23N3OS/c1-12(21-14-7-9-18-10-8-14)16-11-19-17(20-16)13-3-5-15(22-2)6-4-13/h3-6,12,14,18H,7-11H2,1-2H3/t12-/m1/s1. The number of hydrogen-bond acceptors (Lipinski definition) is 5. The summed E-state index contributed by atoms with van der Waals surface area (Å²) < 4.78 is 6.15. The summed E-state index contributed by atoms with van der Waals surface area (Å²) in [6.07, 6.45) is 4.65. The van der Waals surface area contributed by atoms with Gasteiger partial charge in [0.25, 0.3) is 0 Å². The zero-order valence-electron chi connectivity index (χ0n) is 13.2. The fourth-order valence-electron chi connectivity index (χ4n) is 2.78. The van der Waals surface area contributed by atoms with E-state index in [0.29, 0.717) is 12.6 Å². The highest BCUT2D eigenvalue weighted by molar-refractivity contribution is 7.98. The molecule has 0 unspecified atom stereocenters. The molecule has 2 aliphatic rings. The number of nitrogens with one attached hydrogen (secondary N) is 1. The SMILES string of the molecule is CSc1ccc(C2=NCC([C@@H](C)OC3CCNCC3)=N2)cc1. The minimum atomic E-state index is 0.0508. The van der Waals surface area contributed by atoms with Crippen LogP contribution in [0.3, 0.4) is 0 Å². The molecule has 0 bridgehead atoms. The molecule has 0 radical (unpaired) electrons. The number of ether oxygens (including phenoxy) is 1. The molecule has 5 heteroatoms. The first kappa shape index (κ1) is 15.7. The van der Waals surface area contributed by atoms with Crippen LogP contribution in [0.15, 0.2) is 39.1 Å². The molecular weight excluding hydrogens is 294 g/mol. The van der Waals surface area contributed by atoms with Crippen LogP contribution in [-0.4, -0.2) is 49.6 Å². The molecule has 118 valence electrons. The third-order valence-electron chi connectivity index (χ3n) is 4.14. The number of benzene rings is 1. The molecule has 0 amide bonds. The van der Waals surface area contributed by atoms with Crippen LogP contribution >= 0.6 is 11.8 Å². The number of piperidine rings is 1. The molecule has 0 spiro atoms. The number of nitrogens with zero attached hydrogens (tertiary/aromatic N) is 2. The molecular formula is C17H23N3OS. The largest absolute Gasteiger partial charge is 0.369 e. The summed E-state index contributed by atoms with van der Waals surface area (Å²) >= 11 is 1.74. The van der Waals surface area contributed by atoms with Gasteiger partial charge in [-0.25, -0.2) is 4.99 Å². The Kier molecular flexibility index (Phi) is 5.28. The predicted octanol–water partition coefficient (Wildman–Crippen LogP) is 2.77. The lowest BCUT2D eigenvalue weighted by molar-refractivity contribution is 0.0139. The van der Waals surface area contributed by atoms with Crippen molar-refractivity contribution in [3.8, 4) is 0 Å². The van der Waals surface area contributed by atoms with Gasteiger partial charge in [0.05, 0.1) is 24.5 Å². The number of amidine groups is 1. The van der Waals surface area contributed by atoms with Crippen LogP contribution in [0.1, 0.15) is 25.3 Å². The highest BCUT2D eigenvalue weighted by Crippen LogP contribution is 2.18. The summed E-state index contributed by atoms with van der Waals surface area (Å²) in [6.45, 7) is 4.85. The molecule has 0 aromatic heterocycles. The van der Waals surface area contributed by atoms with Gasteiger partial charge in [-0.2, -0.15) is 0 Å². The lowest BCUT2D eigenvalue weighted by Crippen LogP contribution is -2.36. The average Bonchev–Trinajstić information content (AvgIpc) is 3.06. The monoisotopic (exact) mass is 317 g/mol. The molecule has 1 aromatic carbocycles. The molecule has 22 heavy (non-hydrogen) atoms. The fourth-order valence-corrected chi connectivity index (χ4v) is 3.18. The Hall–Kier alpha value is -1.17. The molecule has 0 aliphatic carbocycles. The summed E-state index contributed by atoms with van der Waals surface area (Å²) in [6, 6.07) is 8.42. The molecule has 2 aliphatic heterocycles. The van der Waals surface area contributed by atoms with E-state index in [1.165, 1.54) is 4.90 Å². The maximum Gasteiger partial charge on any atom is 0.155 e. The average molecular weight is 317 g/mol. The van der Waals surface area contributed by atoms with Gasteiger partial charge >= 0.3 is 0 Å². The Labute approximate surface area is 136 Å². The number of aliphatic imine (C=N–C) groups is 2. The van der Waals surface area contributed by atoms with Gasteiger partial charge in [-0.05, 0) is 51.2 Å². The molecule has 0 saturated carbocycles. The van der Waals surface area contributed by atoms with Gasteiger partial charge in [-0.3, -0.25) is 4.99 Å². The summed E-state index contributed by atoms with van der Waals surface area (Å²) in [5.41, 5.74) is 2.13. The van der Waals surface area contributed by atoms with Crippen molar-refractivity contribution in [1.29, 1.82) is 0 Å². The highest BCUT2D eigenvalue weighted by atomic mass is 32.2. The summed E-state index contributed by atoms with van der Waals surface area (Å²) in [7, 11) is 0. The molecule has 2 heterocycles. The normalized spacial score (nSPS) is 20.6. The van der Waals surface area contributed by atoms with Crippen molar-refractivity contribution in [3.05, 3.63) is 29.8 Å². The van der Waals surface area contributed by atoms with E-state index in [-0.39, 0.29) is 6.10 Å². The highest BCUT2D eigenvalue weighted by Gasteiger charge is 2.22. The van der Waals surface area contributed by atoms with Crippen molar-refractivity contribution >= 4 is 23.3 Å². The summed E-state index contributed by atoms with van der Waals surface area (Å²) in [4.78, 5) is 10.5. The zero-order chi connectivity index (χ0) is 15.4. The van der Waals surface area contributed by atoms with Crippen LogP contribution in [0.5, 0.6) is 0 Å². The van der Waals surface area contributed by atoms with Crippen LogP contribution in [-0.2, 0) is 4.74 Å². The van der Waals surface area contributed by atoms with E-state index < -0.39 is 0 Å². The van der Waals surface area contributed by atoms with Gasteiger partial charge in [0.15, 0.2) is 5.84 Å². The van der Waals surface area contributed by atoms with E-state index in [2.05, 4.69) is 47.8 Å². The number of rotatable bonds is 5. The molecule has 4 nitrogen and oxygen atoms in total. The first-order valence-corrected chi connectivity index (χ1v) is 9.11. The second-order valence-electron chi connectivity index (χ2n) is 5.70. The van der Waals surface area contributed by atoms with Crippen LogP contribution in [0.25, 0.3) is 0 Å². The predicted molar refractivity (Wildman–Crippen MR) is 93.5 cm³/mol. The summed E-state index contributed by atoms with van der Waals surface area (Å²) in [5.74, 6) is 0.836. The van der Waals surface area contributed by atoms with E-state index in [9.17, 15) is 0 Å². The molecule has 1 atom stereocenters. The minimum absolute atomic E-state index is 0.0508. The van der Waals surface area contributed by atoms with Crippen molar-refractivity contribution in [1.82, 2.24) is 5.32 Å². The smallest absolute Gasteiger partial charge is 0.155 e.